The molecule has 0 spiro atoms. The van der Waals surface area contributed by atoms with E-state index >= 15 is 0 Å². The van der Waals surface area contributed by atoms with Crippen molar-refractivity contribution in [1.82, 2.24) is 5.32 Å². The van der Waals surface area contributed by atoms with Crippen molar-refractivity contribution < 1.29 is 4.79 Å². The first kappa shape index (κ1) is 13.5. The van der Waals surface area contributed by atoms with Crippen molar-refractivity contribution in [2.75, 3.05) is 0 Å². The highest BCUT2D eigenvalue weighted by Crippen LogP contribution is 2.20. The first-order valence-corrected chi connectivity index (χ1v) is 6.46. The lowest BCUT2D eigenvalue weighted by Gasteiger charge is -2.13. The summed E-state index contributed by atoms with van der Waals surface area (Å²) >= 11 is 7.25. The van der Waals surface area contributed by atoms with Crippen molar-refractivity contribution in [2.24, 2.45) is 11.7 Å². The fourth-order valence-electron chi connectivity index (χ4n) is 1.37. The molecule has 3 nitrogen and oxygen atoms in total. The van der Waals surface area contributed by atoms with Gasteiger partial charge in [-0.3, -0.25) is 4.79 Å². The highest BCUT2D eigenvalue weighted by Gasteiger charge is 2.14. The molecule has 0 saturated carbocycles. The number of amides is 1. The van der Waals surface area contributed by atoms with Gasteiger partial charge >= 0.3 is 0 Å². The topological polar surface area (TPSA) is 55.1 Å². The molecular weight excluding hydrogens is 244 g/mol. The first-order chi connectivity index (χ1) is 7.49. The Morgan fingerprint density at radius 1 is 1.56 bits per heavy atom. The van der Waals surface area contributed by atoms with Crippen LogP contribution in [0.2, 0.25) is 4.34 Å². The molecule has 1 amide bonds. The Balaban J connectivity index is 2.35. The van der Waals surface area contributed by atoms with Crippen molar-refractivity contribution in [3.05, 3.63) is 21.3 Å². The van der Waals surface area contributed by atoms with Gasteiger partial charge in [-0.1, -0.05) is 25.4 Å². The molecular formula is C11H17ClN2OS. The van der Waals surface area contributed by atoms with E-state index in [1.807, 2.05) is 26.0 Å². The Hall–Kier alpha value is -0.580. The maximum absolute atomic E-state index is 11.6. The van der Waals surface area contributed by atoms with Gasteiger partial charge in [0.05, 0.1) is 16.9 Å². The predicted molar refractivity (Wildman–Crippen MR) is 68.6 cm³/mol. The second-order valence-corrected chi connectivity index (χ2v) is 5.96. The molecule has 0 aromatic carbocycles. The Morgan fingerprint density at radius 2 is 2.25 bits per heavy atom. The van der Waals surface area contributed by atoms with E-state index in [-0.39, 0.29) is 5.91 Å². The number of nitrogens with one attached hydrogen (secondary N) is 1. The third kappa shape index (κ3) is 4.51. The molecule has 0 bridgehead atoms. The number of carbonyl (C=O) groups excluding carboxylic acids is 1. The van der Waals surface area contributed by atoms with Crippen LogP contribution in [0.25, 0.3) is 0 Å². The summed E-state index contributed by atoms with van der Waals surface area (Å²) in [5, 5.41) is 2.81. The maximum Gasteiger partial charge on any atom is 0.237 e. The molecule has 0 saturated heterocycles. The van der Waals surface area contributed by atoms with Crippen molar-refractivity contribution in [1.29, 1.82) is 0 Å². The zero-order chi connectivity index (χ0) is 12.1. The second kappa shape index (κ2) is 6.23. The summed E-state index contributed by atoms with van der Waals surface area (Å²) in [6.07, 6.45) is 0.705. The molecule has 0 aliphatic carbocycles. The van der Waals surface area contributed by atoms with Crippen molar-refractivity contribution >= 4 is 28.8 Å². The van der Waals surface area contributed by atoms with Crippen LogP contribution in [0.5, 0.6) is 0 Å². The molecule has 1 aromatic rings. The Morgan fingerprint density at radius 3 is 2.75 bits per heavy atom. The van der Waals surface area contributed by atoms with E-state index < -0.39 is 6.04 Å². The quantitative estimate of drug-likeness (QED) is 0.854. The van der Waals surface area contributed by atoms with E-state index in [1.54, 1.807) is 0 Å². The minimum Gasteiger partial charge on any atom is -0.350 e. The first-order valence-electron chi connectivity index (χ1n) is 5.26. The van der Waals surface area contributed by atoms with Gasteiger partial charge < -0.3 is 11.1 Å². The fourth-order valence-corrected chi connectivity index (χ4v) is 2.39. The zero-order valence-corrected chi connectivity index (χ0v) is 11.1. The van der Waals surface area contributed by atoms with Crippen LogP contribution in [-0.2, 0) is 11.3 Å². The lowest BCUT2D eigenvalue weighted by molar-refractivity contribution is -0.122. The molecule has 0 unspecified atom stereocenters. The Bertz CT molecular complexity index is 352. The van der Waals surface area contributed by atoms with Crippen molar-refractivity contribution in [2.45, 2.75) is 32.9 Å². The average molecular weight is 261 g/mol. The van der Waals surface area contributed by atoms with Gasteiger partial charge in [-0.05, 0) is 24.5 Å². The van der Waals surface area contributed by atoms with Gasteiger partial charge in [-0.2, -0.15) is 0 Å². The fraction of sp³-hybridized carbons (Fsp3) is 0.545. The zero-order valence-electron chi connectivity index (χ0n) is 9.50. The van der Waals surface area contributed by atoms with Gasteiger partial charge in [0.1, 0.15) is 0 Å². The number of hydrogen-bond acceptors (Lipinski definition) is 3. The Labute approximate surface area is 105 Å². The molecule has 1 atom stereocenters. The summed E-state index contributed by atoms with van der Waals surface area (Å²) in [6, 6.07) is 3.30. The molecule has 0 aliphatic rings. The van der Waals surface area contributed by atoms with Crippen LogP contribution >= 0.6 is 22.9 Å². The lowest BCUT2D eigenvalue weighted by Crippen LogP contribution is -2.40. The van der Waals surface area contributed by atoms with Crippen LogP contribution in [0.15, 0.2) is 12.1 Å². The lowest BCUT2D eigenvalue weighted by atomic mass is 10.0. The minimum absolute atomic E-state index is 0.0989. The summed E-state index contributed by atoms with van der Waals surface area (Å²) in [4.78, 5) is 12.6. The summed E-state index contributed by atoms with van der Waals surface area (Å²) in [6.45, 7) is 4.60. The molecule has 0 aliphatic heterocycles. The summed E-state index contributed by atoms with van der Waals surface area (Å²) < 4.78 is 0.732. The molecule has 1 rings (SSSR count). The van der Waals surface area contributed by atoms with Crippen LogP contribution in [-0.4, -0.2) is 11.9 Å². The standard InChI is InChI=1S/C11H17ClN2OS/c1-7(2)5-9(13)11(15)14-6-8-3-4-10(12)16-8/h3-4,7,9H,5-6,13H2,1-2H3,(H,14,15)/t9-/m0/s1. The summed E-state index contributed by atoms with van der Waals surface area (Å²) in [5.41, 5.74) is 5.75. The monoisotopic (exact) mass is 260 g/mol. The minimum atomic E-state index is -0.421. The molecule has 1 heterocycles. The number of halogens is 1. The van der Waals surface area contributed by atoms with Crippen LogP contribution in [0, 0.1) is 5.92 Å². The SMILES string of the molecule is CC(C)C[C@H](N)C(=O)NCc1ccc(Cl)s1. The molecule has 0 radical (unpaired) electrons. The van der Waals surface area contributed by atoms with Gasteiger partial charge in [-0.25, -0.2) is 0 Å². The molecule has 3 N–H and O–H groups in total. The van der Waals surface area contributed by atoms with Crippen LogP contribution < -0.4 is 11.1 Å². The molecule has 16 heavy (non-hydrogen) atoms. The molecule has 0 fully saturated rings. The van der Waals surface area contributed by atoms with E-state index in [0.717, 1.165) is 9.21 Å². The third-order valence-electron chi connectivity index (χ3n) is 2.13. The van der Waals surface area contributed by atoms with Gasteiger partial charge in [0.2, 0.25) is 5.91 Å². The van der Waals surface area contributed by atoms with E-state index in [1.165, 1.54) is 11.3 Å². The maximum atomic E-state index is 11.6. The van der Waals surface area contributed by atoms with Gasteiger partial charge in [0.25, 0.3) is 0 Å². The largest absolute Gasteiger partial charge is 0.350 e. The van der Waals surface area contributed by atoms with Gasteiger partial charge in [0.15, 0.2) is 0 Å². The number of thiophene rings is 1. The molecule has 5 heteroatoms. The van der Waals surface area contributed by atoms with E-state index in [9.17, 15) is 4.79 Å². The number of nitrogens with two attached hydrogens (primary N) is 1. The van der Waals surface area contributed by atoms with Crippen molar-refractivity contribution in [3.8, 4) is 0 Å². The number of rotatable bonds is 5. The molecule has 1 aromatic heterocycles. The predicted octanol–water partition coefficient (Wildman–Crippen LogP) is 2.39. The highest BCUT2D eigenvalue weighted by atomic mass is 35.5. The van der Waals surface area contributed by atoms with E-state index in [0.29, 0.717) is 18.9 Å². The second-order valence-electron chi connectivity index (χ2n) is 4.16. The Kier molecular flexibility index (Phi) is 5.25. The average Bonchev–Trinajstić information content (AvgIpc) is 2.59. The van der Waals surface area contributed by atoms with Gasteiger partial charge in [-0.15, -0.1) is 11.3 Å². The molecule has 90 valence electrons. The van der Waals surface area contributed by atoms with Crippen LogP contribution in [0.3, 0.4) is 0 Å². The van der Waals surface area contributed by atoms with Crippen LogP contribution in [0.4, 0.5) is 0 Å². The van der Waals surface area contributed by atoms with Crippen LogP contribution in [0.1, 0.15) is 25.1 Å². The highest BCUT2D eigenvalue weighted by molar-refractivity contribution is 7.16. The smallest absolute Gasteiger partial charge is 0.237 e. The normalized spacial score (nSPS) is 12.8. The van der Waals surface area contributed by atoms with E-state index in [4.69, 9.17) is 17.3 Å². The van der Waals surface area contributed by atoms with Gasteiger partial charge in [0, 0.05) is 4.88 Å². The number of hydrogen-bond donors (Lipinski definition) is 2. The summed E-state index contributed by atoms with van der Waals surface area (Å²) in [7, 11) is 0. The number of carbonyl (C=O) groups is 1. The van der Waals surface area contributed by atoms with Crippen molar-refractivity contribution in [3.63, 3.8) is 0 Å². The third-order valence-corrected chi connectivity index (χ3v) is 3.36. The van der Waals surface area contributed by atoms with E-state index in [2.05, 4.69) is 5.32 Å². The summed E-state index contributed by atoms with van der Waals surface area (Å²) in [5.74, 6) is 0.329.